The largest absolute Gasteiger partial charge is 0.497 e. The van der Waals surface area contributed by atoms with Gasteiger partial charge in [0.25, 0.3) is 0 Å². The molecular formula is C17H23NO4. The summed E-state index contributed by atoms with van der Waals surface area (Å²) in [6.07, 6.45) is 1.81. The molecule has 2 atom stereocenters. The van der Waals surface area contributed by atoms with Crippen molar-refractivity contribution in [1.82, 2.24) is 4.90 Å². The molecule has 0 saturated carbocycles. The maximum Gasteiger partial charge on any atom is 0.308 e. The second-order valence-corrected chi connectivity index (χ2v) is 5.90. The molecule has 1 aliphatic rings. The van der Waals surface area contributed by atoms with E-state index < -0.39 is 11.9 Å². The van der Waals surface area contributed by atoms with Crippen LogP contribution in [0.1, 0.15) is 37.7 Å². The van der Waals surface area contributed by atoms with Crippen molar-refractivity contribution in [1.29, 1.82) is 0 Å². The first-order valence-corrected chi connectivity index (χ1v) is 7.65. The highest BCUT2D eigenvalue weighted by atomic mass is 16.5. The number of rotatable bonds is 5. The quantitative estimate of drug-likeness (QED) is 0.907. The second kappa shape index (κ2) is 7.29. The predicted octanol–water partition coefficient (Wildman–Crippen LogP) is 2.51. The van der Waals surface area contributed by atoms with Crippen molar-refractivity contribution < 1.29 is 19.4 Å². The van der Waals surface area contributed by atoms with Crippen LogP contribution in [-0.2, 0) is 9.59 Å². The summed E-state index contributed by atoms with van der Waals surface area (Å²) in [5.74, 6) is -0.349. The number of carboxylic acid groups (broad SMARTS) is 1. The Balaban J connectivity index is 1.97. The zero-order chi connectivity index (χ0) is 16.1. The van der Waals surface area contributed by atoms with E-state index >= 15 is 0 Å². The summed E-state index contributed by atoms with van der Waals surface area (Å²) < 4.78 is 5.21. The number of carbonyl (C=O) groups excluding carboxylic acids is 1. The summed E-state index contributed by atoms with van der Waals surface area (Å²) in [6.45, 7) is 3.00. The van der Waals surface area contributed by atoms with E-state index in [0.717, 1.165) is 17.7 Å². The van der Waals surface area contributed by atoms with Crippen LogP contribution in [0.4, 0.5) is 0 Å². The maximum atomic E-state index is 12.4. The fraction of sp³-hybridized carbons (Fsp3) is 0.529. The molecule has 1 saturated heterocycles. The summed E-state index contributed by atoms with van der Waals surface area (Å²) in [5.41, 5.74) is 1.06. The molecule has 0 spiro atoms. The molecule has 0 aromatic heterocycles. The highest BCUT2D eigenvalue weighted by Gasteiger charge is 2.28. The van der Waals surface area contributed by atoms with Crippen LogP contribution in [0.5, 0.6) is 5.75 Å². The summed E-state index contributed by atoms with van der Waals surface area (Å²) in [6, 6.07) is 7.71. The number of hydrogen-bond donors (Lipinski definition) is 1. The van der Waals surface area contributed by atoms with Gasteiger partial charge >= 0.3 is 5.97 Å². The lowest BCUT2D eigenvalue weighted by Crippen LogP contribution is -2.42. The molecule has 2 rings (SSSR count). The molecule has 0 unspecified atom stereocenters. The Morgan fingerprint density at radius 3 is 2.91 bits per heavy atom. The maximum absolute atomic E-state index is 12.4. The monoisotopic (exact) mass is 305 g/mol. The van der Waals surface area contributed by atoms with Gasteiger partial charge in [-0.05, 0) is 36.5 Å². The predicted molar refractivity (Wildman–Crippen MR) is 83.0 cm³/mol. The summed E-state index contributed by atoms with van der Waals surface area (Å²) in [5, 5.41) is 9.10. The third-order valence-corrected chi connectivity index (χ3v) is 4.27. The van der Waals surface area contributed by atoms with Gasteiger partial charge in [-0.3, -0.25) is 9.59 Å². The van der Waals surface area contributed by atoms with Gasteiger partial charge in [0.15, 0.2) is 0 Å². The fourth-order valence-electron chi connectivity index (χ4n) is 2.86. The Morgan fingerprint density at radius 1 is 1.45 bits per heavy atom. The van der Waals surface area contributed by atoms with Crippen LogP contribution < -0.4 is 4.74 Å². The number of nitrogens with zero attached hydrogens (tertiary/aromatic N) is 1. The normalized spacial score (nSPS) is 19.5. The van der Waals surface area contributed by atoms with Gasteiger partial charge in [0.2, 0.25) is 5.91 Å². The number of carboxylic acids is 1. The number of aliphatic carboxylic acids is 1. The number of hydrogen-bond acceptors (Lipinski definition) is 3. The van der Waals surface area contributed by atoms with Crippen LogP contribution >= 0.6 is 0 Å². The van der Waals surface area contributed by atoms with Gasteiger partial charge in [-0.15, -0.1) is 0 Å². The molecule has 120 valence electrons. The van der Waals surface area contributed by atoms with E-state index in [1.165, 1.54) is 0 Å². The van der Waals surface area contributed by atoms with E-state index in [1.54, 1.807) is 12.0 Å². The Kier molecular flexibility index (Phi) is 5.41. The van der Waals surface area contributed by atoms with E-state index in [9.17, 15) is 9.59 Å². The van der Waals surface area contributed by atoms with Gasteiger partial charge in [-0.1, -0.05) is 19.1 Å². The lowest BCUT2D eigenvalue weighted by Gasteiger charge is -2.31. The van der Waals surface area contributed by atoms with Gasteiger partial charge in [0.05, 0.1) is 13.0 Å². The minimum absolute atomic E-state index is 0.0290. The van der Waals surface area contributed by atoms with Crippen molar-refractivity contribution in [3.63, 3.8) is 0 Å². The second-order valence-electron chi connectivity index (χ2n) is 5.90. The number of ether oxygens (including phenoxy) is 1. The molecule has 1 aliphatic heterocycles. The average Bonchev–Trinajstić information content (AvgIpc) is 2.54. The zero-order valence-corrected chi connectivity index (χ0v) is 13.1. The Morgan fingerprint density at radius 2 is 2.23 bits per heavy atom. The topological polar surface area (TPSA) is 66.8 Å². The fourth-order valence-corrected chi connectivity index (χ4v) is 2.86. The zero-order valence-electron chi connectivity index (χ0n) is 13.1. The Bertz CT molecular complexity index is 543. The summed E-state index contributed by atoms with van der Waals surface area (Å²) in [4.78, 5) is 25.2. The van der Waals surface area contributed by atoms with Crippen LogP contribution in [-0.4, -0.2) is 42.1 Å². The number of amides is 1. The first-order chi connectivity index (χ1) is 10.5. The minimum atomic E-state index is -0.807. The minimum Gasteiger partial charge on any atom is -0.497 e. The Labute approximate surface area is 130 Å². The molecule has 1 N–H and O–H groups in total. The Hall–Kier alpha value is -2.04. The van der Waals surface area contributed by atoms with Crippen LogP contribution in [0.25, 0.3) is 0 Å². The van der Waals surface area contributed by atoms with Crippen molar-refractivity contribution in [2.24, 2.45) is 5.92 Å². The van der Waals surface area contributed by atoms with E-state index in [4.69, 9.17) is 9.84 Å². The van der Waals surface area contributed by atoms with Crippen molar-refractivity contribution in [2.45, 2.75) is 32.1 Å². The first-order valence-electron chi connectivity index (χ1n) is 7.65. The van der Waals surface area contributed by atoms with E-state index in [1.807, 2.05) is 31.2 Å². The number of methoxy groups -OCH3 is 1. The molecule has 1 aromatic rings. The van der Waals surface area contributed by atoms with Crippen molar-refractivity contribution in [2.75, 3.05) is 20.2 Å². The highest BCUT2D eigenvalue weighted by molar-refractivity contribution is 5.78. The number of carbonyl (C=O) groups is 2. The van der Waals surface area contributed by atoms with Gasteiger partial charge in [0.1, 0.15) is 5.75 Å². The molecule has 1 fully saturated rings. The lowest BCUT2D eigenvalue weighted by molar-refractivity contribution is -0.145. The molecule has 1 amide bonds. The van der Waals surface area contributed by atoms with E-state index in [-0.39, 0.29) is 11.8 Å². The van der Waals surface area contributed by atoms with Crippen LogP contribution in [0, 0.1) is 5.92 Å². The standard InChI is InChI=1S/C17H23NO4/c1-12(13-5-3-7-15(10-13)22-2)9-16(19)18-8-4-6-14(11-18)17(20)21/h3,5,7,10,12,14H,4,6,8-9,11H2,1-2H3,(H,20,21)/t12-,14+/m1/s1. The first kappa shape index (κ1) is 16.3. The van der Waals surface area contributed by atoms with Crippen molar-refractivity contribution in [3.05, 3.63) is 29.8 Å². The molecule has 1 aromatic carbocycles. The van der Waals surface area contributed by atoms with Gasteiger partial charge in [-0.25, -0.2) is 0 Å². The number of likely N-dealkylation sites (tertiary alicyclic amines) is 1. The van der Waals surface area contributed by atoms with Crippen molar-refractivity contribution >= 4 is 11.9 Å². The van der Waals surface area contributed by atoms with Gasteiger partial charge in [0, 0.05) is 19.5 Å². The van der Waals surface area contributed by atoms with Crippen LogP contribution in [0.15, 0.2) is 24.3 Å². The van der Waals surface area contributed by atoms with Crippen molar-refractivity contribution in [3.8, 4) is 5.75 Å². The van der Waals surface area contributed by atoms with Crippen LogP contribution in [0.3, 0.4) is 0 Å². The SMILES string of the molecule is COc1cccc([C@H](C)CC(=O)N2CCC[C@H](C(=O)O)C2)c1. The molecule has 0 aliphatic carbocycles. The van der Waals surface area contributed by atoms with E-state index in [0.29, 0.717) is 25.9 Å². The average molecular weight is 305 g/mol. The van der Waals surface area contributed by atoms with E-state index in [2.05, 4.69) is 0 Å². The molecule has 22 heavy (non-hydrogen) atoms. The number of benzene rings is 1. The molecule has 0 radical (unpaired) electrons. The number of piperidine rings is 1. The molecule has 5 nitrogen and oxygen atoms in total. The third kappa shape index (κ3) is 4.00. The lowest BCUT2D eigenvalue weighted by atomic mass is 9.94. The van der Waals surface area contributed by atoms with Crippen LogP contribution in [0.2, 0.25) is 0 Å². The van der Waals surface area contributed by atoms with Gasteiger partial charge < -0.3 is 14.7 Å². The van der Waals surface area contributed by atoms with Gasteiger partial charge in [-0.2, -0.15) is 0 Å². The smallest absolute Gasteiger partial charge is 0.308 e. The highest BCUT2D eigenvalue weighted by Crippen LogP contribution is 2.25. The molecular weight excluding hydrogens is 282 g/mol. The summed E-state index contributed by atoms with van der Waals surface area (Å²) in [7, 11) is 1.62. The third-order valence-electron chi connectivity index (χ3n) is 4.27. The molecule has 0 bridgehead atoms. The summed E-state index contributed by atoms with van der Waals surface area (Å²) >= 11 is 0. The molecule has 1 heterocycles. The molecule has 5 heteroatoms.